The number of ether oxygens (including phenoxy) is 1. The number of hydrogen-bond acceptors (Lipinski definition) is 4. The quantitative estimate of drug-likeness (QED) is 0.750. The number of methoxy groups -OCH3 is 1. The predicted molar refractivity (Wildman–Crippen MR) is 105 cm³/mol. The molecule has 1 N–H and O–H groups in total. The molecule has 140 valence electrons. The zero-order valence-corrected chi connectivity index (χ0v) is 16.3. The van der Waals surface area contributed by atoms with Crippen LogP contribution in [0.5, 0.6) is 5.75 Å². The highest BCUT2D eigenvalue weighted by atomic mass is 79.9. The molecule has 3 rings (SSSR count). The SMILES string of the molecule is COc1ccccc1C1=NN(C(=O)CCC(=O)O)[C@@H](c2ccc(Br)cc2)C1. The number of para-hydroxylation sites is 1. The number of nitrogens with zero attached hydrogens (tertiary/aromatic N) is 2. The van der Waals surface area contributed by atoms with Crippen molar-refractivity contribution in [3.63, 3.8) is 0 Å². The van der Waals surface area contributed by atoms with Gasteiger partial charge in [0.05, 0.1) is 25.3 Å². The first-order valence-electron chi connectivity index (χ1n) is 8.49. The minimum Gasteiger partial charge on any atom is -0.496 e. The van der Waals surface area contributed by atoms with Crippen molar-refractivity contribution >= 4 is 33.5 Å². The molecule has 0 unspecified atom stereocenters. The third kappa shape index (κ3) is 4.36. The molecule has 0 aromatic heterocycles. The molecule has 2 aromatic rings. The second-order valence-electron chi connectivity index (χ2n) is 6.15. The highest BCUT2D eigenvalue weighted by Crippen LogP contribution is 2.35. The Balaban J connectivity index is 1.94. The third-order valence-corrected chi connectivity index (χ3v) is 4.92. The van der Waals surface area contributed by atoms with Crippen molar-refractivity contribution in [3.8, 4) is 5.75 Å². The van der Waals surface area contributed by atoms with E-state index in [-0.39, 0.29) is 24.8 Å². The van der Waals surface area contributed by atoms with Gasteiger partial charge in [-0.3, -0.25) is 9.59 Å². The summed E-state index contributed by atoms with van der Waals surface area (Å²) in [5, 5.41) is 14.8. The van der Waals surface area contributed by atoms with E-state index >= 15 is 0 Å². The molecule has 0 aliphatic carbocycles. The van der Waals surface area contributed by atoms with Gasteiger partial charge in [0, 0.05) is 22.9 Å². The number of hydrogen-bond donors (Lipinski definition) is 1. The summed E-state index contributed by atoms with van der Waals surface area (Å²) in [6, 6.07) is 14.9. The van der Waals surface area contributed by atoms with Gasteiger partial charge in [0.25, 0.3) is 0 Å². The van der Waals surface area contributed by atoms with Crippen LogP contribution in [0.1, 0.15) is 36.4 Å². The normalized spacial score (nSPS) is 16.1. The van der Waals surface area contributed by atoms with Crippen LogP contribution in [-0.4, -0.2) is 34.8 Å². The first-order valence-corrected chi connectivity index (χ1v) is 9.29. The molecule has 0 saturated heterocycles. The standard InChI is InChI=1S/C20H19BrN2O4/c1-27-18-5-3-2-4-15(18)16-12-17(13-6-8-14(21)9-7-13)23(22-16)19(24)10-11-20(25)26/h2-9,17H,10-12H2,1H3,(H,25,26)/t17-/m1/s1. The molecule has 1 heterocycles. The van der Waals surface area contributed by atoms with Gasteiger partial charge >= 0.3 is 5.97 Å². The summed E-state index contributed by atoms with van der Waals surface area (Å²) in [5.74, 6) is -0.627. The van der Waals surface area contributed by atoms with E-state index in [0.717, 1.165) is 21.3 Å². The van der Waals surface area contributed by atoms with Gasteiger partial charge in [-0.1, -0.05) is 40.2 Å². The van der Waals surface area contributed by atoms with Crippen LogP contribution in [0.2, 0.25) is 0 Å². The molecule has 0 saturated carbocycles. The Morgan fingerprint density at radius 2 is 1.89 bits per heavy atom. The number of carboxylic acid groups (broad SMARTS) is 1. The number of aliphatic carboxylic acids is 1. The Morgan fingerprint density at radius 1 is 1.19 bits per heavy atom. The maximum Gasteiger partial charge on any atom is 0.303 e. The van der Waals surface area contributed by atoms with E-state index in [4.69, 9.17) is 9.84 Å². The lowest BCUT2D eigenvalue weighted by Crippen LogP contribution is -2.27. The molecule has 7 heteroatoms. The number of carboxylic acids is 1. The summed E-state index contributed by atoms with van der Waals surface area (Å²) in [5.41, 5.74) is 2.51. The predicted octanol–water partition coefficient (Wildman–Crippen LogP) is 4.00. The van der Waals surface area contributed by atoms with Gasteiger partial charge in [-0.25, -0.2) is 5.01 Å². The largest absolute Gasteiger partial charge is 0.496 e. The minimum atomic E-state index is -1.00. The van der Waals surface area contributed by atoms with Crippen molar-refractivity contribution in [3.05, 3.63) is 64.1 Å². The van der Waals surface area contributed by atoms with E-state index < -0.39 is 5.97 Å². The number of hydrazone groups is 1. The molecule has 2 aromatic carbocycles. The molecule has 0 spiro atoms. The molecular weight excluding hydrogens is 412 g/mol. The van der Waals surface area contributed by atoms with Crippen LogP contribution < -0.4 is 4.74 Å². The Bertz CT molecular complexity index is 880. The molecule has 0 bridgehead atoms. The van der Waals surface area contributed by atoms with Crippen molar-refractivity contribution in [2.24, 2.45) is 5.10 Å². The number of halogens is 1. The monoisotopic (exact) mass is 430 g/mol. The van der Waals surface area contributed by atoms with Gasteiger partial charge in [0.1, 0.15) is 5.75 Å². The summed E-state index contributed by atoms with van der Waals surface area (Å²) >= 11 is 3.42. The van der Waals surface area contributed by atoms with Crippen molar-refractivity contribution in [1.82, 2.24) is 5.01 Å². The number of amides is 1. The summed E-state index contributed by atoms with van der Waals surface area (Å²) in [6.45, 7) is 0. The highest BCUT2D eigenvalue weighted by Gasteiger charge is 2.33. The van der Waals surface area contributed by atoms with Crippen molar-refractivity contribution < 1.29 is 19.4 Å². The average Bonchev–Trinajstić information content (AvgIpc) is 3.12. The molecule has 6 nitrogen and oxygen atoms in total. The van der Waals surface area contributed by atoms with Crippen molar-refractivity contribution in [1.29, 1.82) is 0 Å². The van der Waals surface area contributed by atoms with Crippen LogP contribution in [0.25, 0.3) is 0 Å². The molecular formula is C20H19BrN2O4. The molecule has 1 atom stereocenters. The Hall–Kier alpha value is -2.67. The van der Waals surface area contributed by atoms with E-state index in [1.54, 1.807) is 7.11 Å². The summed E-state index contributed by atoms with van der Waals surface area (Å²) < 4.78 is 6.36. The fraction of sp³-hybridized carbons (Fsp3) is 0.250. The zero-order valence-electron chi connectivity index (χ0n) is 14.8. The average molecular weight is 431 g/mol. The first-order chi connectivity index (χ1) is 13.0. The smallest absolute Gasteiger partial charge is 0.303 e. The highest BCUT2D eigenvalue weighted by molar-refractivity contribution is 9.10. The van der Waals surface area contributed by atoms with Gasteiger partial charge in [0.2, 0.25) is 5.91 Å². The summed E-state index contributed by atoms with van der Waals surface area (Å²) in [4.78, 5) is 23.5. The number of benzene rings is 2. The maximum absolute atomic E-state index is 12.6. The van der Waals surface area contributed by atoms with E-state index in [9.17, 15) is 9.59 Å². The third-order valence-electron chi connectivity index (χ3n) is 4.39. The molecule has 0 radical (unpaired) electrons. The molecule has 27 heavy (non-hydrogen) atoms. The van der Waals surface area contributed by atoms with Gasteiger partial charge in [0.15, 0.2) is 0 Å². The number of rotatable bonds is 6. The minimum absolute atomic E-state index is 0.0922. The van der Waals surface area contributed by atoms with Crippen LogP contribution in [0.3, 0.4) is 0 Å². The van der Waals surface area contributed by atoms with Crippen LogP contribution in [0.15, 0.2) is 58.1 Å². The lowest BCUT2D eigenvalue weighted by molar-refractivity contribution is -0.141. The van der Waals surface area contributed by atoms with Crippen LogP contribution >= 0.6 is 15.9 Å². The van der Waals surface area contributed by atoms with Crippen LogP contribution in [-0.2, 0) is 9.59 Å². The topological polar surface area (TPSA) is 79.2 Å². The van der Waals surface area contributed by atoms with Gasteiger partial charge in [-0.2, -0.15) is 5.10 Å². The van der Waals surface area contributed by atoms with Crippen LogP contribution in [0, 0.1) is 0 Å². The number of carbonyl (C=O) groups excluding carboxylic acids is 1. The fourth-order valence-corrected chi connectivity index (χ4v) is 3.32. The Kier molecular flexibility index (Phi) is 5.91. The van der Waals surface area contributed by atoms with Crippen molar-refractivity contribution in [2.75, 3.05) is 7.11 Å². The first kappa shape index (κ1) is 19.1. The van der Waals surface area contributed by atoms with Crippen molar-refractivity contribution in [2.45, 2.75) is 25.3 Å². The summed E-state index contributed by atoms with van der Waals surface area (Å²) in [7, 11) is 1.59. The van der Waals surface area contributed by atoms with E-state index in [0.29, 0.717) is 12.2 Å². The van der Waals surface area contributed by atoms with E-state index in [1.165, 1.54) is 5.01 Å². The second-order valence-corrected chi connectivity index (χ2v) is 7.07. The molecule has 1 aliphatic heterocycles. The maximum atomic E-state index is 12.6. The van der Waals surface area contributed by atoms with Crippen LogP contribution in [0.4, 0.5) is 0 Å². The summed E-state index contributed by atoms with van der Waals surface area (Å²) in [6.07, 6.45) is 0.216. The molecule has 1 aliphatic rings. The Labute approximate surface area is 165 Å². The Morgan fingerprint density at radius 3 is 2.56 bits per heavy atom. The van der Waals surface area contributed by atoms with Gasteiger partial charge in [-0.05, 0) is 29.8 Å². The second kappa shape index (κ2) is 8.35. The zero-order chi connectivity index (χ0) is 19.4. The fourth-order valence-electron chi connectivity index (χ4n) is 3.06. The molecule has 1 amide bonds. The van der Waals surface area contributed by atoms with Gasteiger partial charge < -0.3 is 9.84 Å². The van der Waals surface area contributed by atoms with Gasteiger partial charge in [-0.15, -0.1) is 0 Å². The molecule has 0 fully saturated rings. The number of carbonyl (C=O) groups is 2. The lowest BCUT2D eigenvalue weighted by Gasteiger charge is -2.22. The van der Waals surface area contributed by atoms with E-state index in [1.807, 2.05) is 48.5 Å². The van der Waals surface area contributed by atoms with E-state index in [2.05, 4.69) is 21.0 Å². The lowest BCUT2D eigenvalue weighted by atomic mass is 9.98.